The van der Waals surface area contributed by atoms with Gasteiger partial charge in [-0.05, 0) is 37.3 Å². The van der Waals surface area contributed by atoms with E-state index in [0.717, 1.165) is 16.1 Å². The Kier molecular flexibility index (Phi) is 7.78. The van der Waals surface area contributed by atoms with Crippen molar-refractivity contribution >= 4 is 27.3 Å². The lowest BCUT2D eigenvalue weighted by Crippen LogP contribution is -2.49. The van der Waals surface area contributed by atoms with E-state index >= 15 is 0 Å². The van der Waals surface area contributed by atoms with Crippen molar-refractivity contribution in [1.82, 2.24) is 5.32 Å². The van der Waals surface area contributed by atoms with Gasteiger partial charge in [0.1, 0.15) is 6.04 Å². The van der Waals surface area contributed by atoms with E-state index < -0.39 is 26.9 Å². The fraction of sp³-hybridized carbons (Fsp3) is 0.409. The summed E-state index contributed by atoms with van der Waals surface area (Å²) in [6, 6.07) is 12.0. The van der Waals surface area contributed by atoms with Gasteiger partial charge in [-0.15, -0.1) is 0 Å². The average molecular weight is 448 g/mol. The summed E-state index contributed by atoms with van der Waals surface area (Å²) in [5.41, 5.74) is 1.30. The molecular formula is C22H29N3O5S. The van der Waals surface area contributed by atoms with E-state index in [4.69, 9.17) is 0 Å². The van der Waals surface area contributed by atoms with Gasteiger partial charge in [0.25, 0.3) is 5.69 Å². The SMILES string of the molecule is Cc1ccc([N+](=O)[O-])cc1N(C(C)C(=O)NC(CC(C)C)c1ccccc1)S(C)(=O)=O. The number of non-ortho nitro benzene ring substituents is 1. The van der Waals surface area contributed by atoms with Crippen molar-refractivity contribution in [3.8, 4) is 0 Å². The summed E-state index contributed by atoms with van der Waals surface area (Å²) in [5.74, 6) is -0.184. The number of carbonyl (C=O) groups excluding carboxylic acids is 1. The lowest BCUT2D eigenvalue weighted by molar-refractivity contribution is -0.384. The molecule has 9 heteroatoms. The van der Waals surface area contributed by atoms with Crippen molar-refractivity contribution in [3.05, 3.63) is 69.8 Å². The Labute approximate surface area is 183 Å². The molecule has 0 radical (unpaired) electrons. The lowest BCUT2D eigenvalue weighted by atomic mass is 9.96. The predicted octanol–water partition coefficient (Wildman–Crippen LogP) is 3.96. The van der Waals surface area contributed by atoms with Crippen molar-refractivity contribution in [2.45, 2.75) is 46.2 Å². The predicted molar refractivity (Wildman–Crippen MR) is 121 cm³/mol. The number of nitrogens with zero attached hydrogens (tertiary/aromatic N) is 2. The molecule has 0 aliphatic heterocycles. The quantitative estimate of drug-likeness (QED) is 0.462. The normalized spacial score (nSPS) is 13.5. The summed E-state index contributed by atoms with van der Waals surface area (Å²) in [6.45, 7) is 7.21. The Morgan fingerprint density at radius 3 is 2.26 bits per heavy atom. The molecular weight excluding hydrogens is 418 g/mol. The topological polar surface area (TPSA) is 110 Å². The number of hydrogen-bond donors (Lipinski definition) is 1. The minimum Gasteiger partial charge on any atom is -0.347 e. The Morgan fingerprint density at radius 1 is 1.13 bits per heavy atom. The summed E-state index contributed by atoms with van der Waals surface area (Å²) in [7, 11) is -3.90. The number of nitro benzene ring substituents is 1. The number of sulfonamides is 1. The van der Waals surface area contributed by atoms with Crippen LogP contribution in [-0.4, -0.2) is 31.5 Å². The van der Waals surface area contributed by atoms with Crippen LogP contribution >= 0.6 is 0 Å². The molecule has 0 spiro atoms. The van der Waals surface area contributed by atoms with E-state index in [2.05, 4.69) is 5.32 Å². The Hall–Kier alpha value is -2.94. The van der Waals surface area contributed by atoms with Gasteiger partial charge in [0.15, 0.2) is 0 Å². The number of benzene rings is 2. The number of aryl methyl sites for hydroxylation is 1. The van der Waals surface area contributed by atoms with Crippen LogP contribution in [0.25, 0.3) is 0 Å². The molecule has 0 aromatic heterocycles. The summed E-state index contributed by atoms with van der Waals surface area (Å²) in [5, 5.41) is 14.2. The second-order valence-corrected chi connectivity index (χ2v) is 9.92. The minimum absolute atomic E-state index is 0.111. The monoisotopic (exact) mass is 447 g/mol. The molecule has 2 aromatic rings. The first-order valence-electron chi connectivity index (χ1n) is 10.0. The maximum absolute atomic E-state index is 13.1. The Morgan fingerprint density at radius 2 is 1.74 bits per heavy atom. The molecule has 0 aliphatic rings. The van der Waals surface area contributed by atoms with Crippen molar-refractivity contribution in [2.75, 3.05) is 10.6 Å². The van der Waals surface area contributed by atoms with Crippen LogP contribution in [0.4, 0.5) is 11.4 Å². The molecule has 0 saturated carbocycles. The number of anilines is 1. The number of nitro groups is 1. The van der Waals surface area contributed by atoms with Crippen molar-refractivity contribution < 1.29 is 18.1 Å². The van der Waals surface area contributed by atoms with Crippen molar-refractivity contribution in [1.29, 1.82) is 0 Å². The van der Waals surface area contributed by atoms with Gasteiger partial charge in [0.2, 0.25) is 15.9 Å². The Balaban J connectivity index is 2.41. The minimum atomic E-state index is -3.90. The highest BCUT2D eigenvalue weighted by Crippen LogP contribution is 2.30. The van der Waals surface area contributed by atoms with Gasteiger partial charge in [-0.2, -0.15) is 0 Å². The molecule has 2 rings (SSSR count). The van der Waals surface area contributed by atoms with Crippen molar-refractivity contribution in [2.24, 2.45) is 5.92 Å². The first-order chi connectivity index (χ1) is 14.4. The van der Waals surface area contributed by atoms with Crippen LogP contribution < -0.4 is 9.62 Å². The summed E-state index contributed by atoms with van der Waals surface area (Å²) >= 11 is 0. The van der Waals surface area contributed by atoms with E-state index in [1.807, 2.05) is 44.2 Å². The third kappa shape index (κ3) is 6.27. The van der Waals surface area contributed by atoms with Crippen LogP contribution in [0, 0.1) is 23.0 Å². The molecule has 2 atom stereocenters. The molecule has 2 aromatic carbocycles. The van der Waals surface area contributed by atoms with Gasteiger partial charge in [0.05, 0.1) is 22.9 Å². The standard InChI is InChI=1S/C22H29N3O5S/c1-15(2)13-20(18-9-7-6-8-10-18)23-22(26)17(4)24(31(5,29)30)21-14-19(25(27)28)12-11-16(21)3/h6-12,14-15,17,20H,13H2,1-5H3,(H,23,26). The largest absolute Gasteiger partial charge is 0.347 e. The molecule has 0 aliphatic carbocycles. The van der Waals surface area contributed by atoms with Crippen LogP contribution in [0.3, 0.4) is 0 Å². The molecule has 0 heterocycles. The molecule has 0 fully saturated rings. The smallest absolute Gasteiger partial charge is 0.271 e. The van der Waals surface area contributed by atoms with E-state index in [9.17, 15) is 23.3 Å². The summed E-state index contributed by atoms with van der Waals surface area (Å²) < 4.78 is 26.2. The van der Waals surface area contributed by atoms with E-state index in [0.29, 0.717) is 17.9 Å². The van der Waals surface area contributed by atoms with Gasteiger partial charge in [0, 0.05) is 12.1 Å². The number of carbonyl (C=O) groups is 1. The number of nitrogens with one attached hydrogen (secondary N) is 1. The van der Waals surface area contributed by atoms with Gasteiger partial charge in [-0.3, -0.25) is 19.2 Å². The summed E-state index contributed by atoms with van der Waals surface area (Å²) in [6.07, 6.45) is 1.66. The van der Waals surface area contributed by atoms with Gasteiger partial charge in [-0.25, -0.2) is 8.42 Å². The molecule has 1 amide bonds. The lowest BCUT2D eigenvalue weighted by Gasteiger charge is -2.31. The van der Waals surface area contributed by atoms with Crippen LogP contribution in [0.1, 0.15) is 44.4 Å². The van der Waals surface area contributed by atoms with Gasteiger partial charge in [-0.1, -0.05) is 50.2 Å². The van der Waals surface area contributed by atoms with E-state index in [1.54, 1.807) is 6.92 Å². The summed E-state index contributed by atoms with van der Waals surface area (Å²) in [4.78, 5) is 23.8. The first-order valence-corrected chi connectivity index (χ1v) is 11.9. The van der Waals surface area contributed by atoms with Crippen LogP contribution in [-0.2, 0) is 14.8 Å². The fourth-order valence-corrected chi connectivity index (χ4v) is 4.68. The number of amides is 1. The van der Waals surface area contributed by atoms with Gasteiger partial charge < -0.3 is 5.32 Å². The van der Waals surface area contributed by atoms with E-state index in [-0.39, 0.29) is 17.4 Å². The molecule has 168 valence electrons. The zero-order valence-electron chi connectivity index (χ0n) is 18.4. The molecule has 0 saturated heterocycles. The highest BCUT2D eigenvalue weighted by atomic mass is 32.2. The molecule has 1 N–H and O–H groups in total. The molecule has 2 unspecified atom stereocenters. The number of rotatable bonds is 9. The van der Waals surface area contributed by atoms with Crippen LogP contribution in [0.5, 0.6) is 0 Å². The average Bonchev–Trinajstić information content (AvgIpc) is 2.68. The zero-order chi connectivity index (χ0) is 23.3. The maximum atomic E-state index is 13.1. The van der Waals surface area contributed by atoms with Crippen molar-refractivity contribution in [3.63, 3.8) is 0 Å². The highest BCUT2D eigenvalue weighted by Gasteiger charge is 2.32. The molecule has 31 heavy (non-hydrogen) atoms. The fourth-order valence-electron chi connectivity index (χ4n) is 3.46. The molecule has 0 bridgehead atoms. The van der Waals surface area contributed by atoms with Crippen LogP contribution in [0.15, 0.2) is 48.5 Å². The second-order valence-electron chi connectivity index (χ2n) is 8.06. The van der Waals surface area contributed by atoms with E-state index in [1.165, 1.54) is 25.1 Å². The number of hydrogen-bond acceptors (Lipinski definition) is 5. The van der Waals surface area contributed by atoms with Crippen LogP contribution in [0.2, 0.25) is 0 Å². The Bertz CT molecular complexity index is 1040. The third-order valence-corrected chi connectivity index (χ3v) is 6.18. The zero-order valence-corrected chi connectivity index (χ0v) is 19.2. The first kappa shape index (κ1) is 24.3. The second kappa shape index (κ2) is 9.91. The van der Waals surface area contributed by atoms with Gasteiger partial charge >= 0.3 is 0 Å². The third-order valence-electron chi connectivity index (χ3n) is 4.96. The molecule has 8 nitrogen and oxygen atoms in total. The highest BCUT2D eigenvalue weighted by molar-refractivity contribution is 7.92. The maximum Gasteiger partial charge on any atom is 0.271 e.